The minimum atomic E-state index is 0.311. The van der Waals surface area contributed by atoms with E-state index in [0.717, 1.165) is 23.8 Å². The van der Waals surface area contributed by atoms with Crippen LogP contribution in [-0.2, 0) is 4.74 Å². The number of hydrogen-bond acceptors (Lipinski definition) is 2. The van der Waals surface area contributed by atoms with E-state index < -0.39 is 0 Å². The quantitative estimate of drug-likeness (QED) is 0.822. The van der Waals surface area contributed by atoms with Crippen LogP contribution >= 0.6 is 0 Å². The Balaban J connectivity index is 1.57. The van der Waals surface area contributed by atoms with Crippen LogP contribution in [0.2, 0.25) is 0 Å². The molecule has 1 N–H and O–H groups in total. The Hall–Kier alpha value is -0.0800. The van der Waals surface area contributed by atoms with E-state index in [0.29, 0.717) is 11.7 Å². The lowest BCUT2D eigenvalue weighted by atomic mass is 9.72. The molecule has 4 atom stereocenters. The van der Waals surface area contributed by atoms with Crippen LogP contribution in [-0.4, -0.2) is 24.8 Å². The van der Waals surface area contributed by atoms with Crippen molar-refractivity contribution < 1.29 is 4.74 Å². The van der Waals surface area contributed by atoms with Gasteiger partial charge in [-0.2, -0.15) is 0 Å². The van der Waals surface area contributed by atoms with Gasteiger partial charge >= 0.3 is 0 Å². The fourth-order valence-corrected chi connectivity index (χ4v) is 5.33. The molecule has 0 amide bonds. The molecule has 1 heterocycles. The molecule has 2 heteroatoms. The summed E-state index contributed by atoms with van der Waals surface area (Å²) in [5.74, 6) is 2.61. The van der Waals surface area contributed by atoms with Gasteiger partial charge in [0, 0.05) is 6.04 Å². The normalized spacial score (nSPS) is 39.4. The molecular formula is C19H35NO. The summed E-state index contributed by atoms with van der Waals surface area (Å²) in [5.41, 5.74) is 0.311. The molecule has 2 saturated carbocycles. The summed E-state index contributed by atoms with van der Waals surface area (Å²) >= 11 is 0. The van der Waals surface area contributed by atoms with Gasteiger partial charge in [0.1, 0.15) is 0 Å². The van der Waals surface area contributed by atoms with Crippen molar-refractivity contribution in [3.63, 3.8) is 0 Å². The Kier molecular flexibility index (Phi) is 4.95. The van der Waals surface area contributed by atoms with Crippen LogP contribution < -0.4 is 5.32 Å². The lowest BCUT2D eigenvalue weighted by molar-refractivity contribution is -0.0493. The molecule has 1 aliphatic heterocycles. The predicted molar refractivity (Wildman–Crippen MR) is 88.4 cm³/mol. The molecule has 1 spiro atoms. The van der Waals surface area contributed by atoms with E-state index >= 15 is 0 Å². The fraction of sp³-hybridized carbons (Fsp3) is 1.00. The zero-order valence-corrected chi connectivity index (χ0v) is 14.4. The van der Waals surface area contributed by atoms with E-state index in [4.69, 9.17) is 4.74 Å². The molecule has 1 saturated heterocycles. The molecule has 122 valence electrons. The van der Waals surface area contributed by atoms with Crippen LogP contribution in [0.1, 0.15) is 78.1 Å². The molecule has 0 bridgehead atoms. The first-order valence-electron chi connectivity index (χ1n) is 9.47. The molecule has 0 aromatic rings. The topological polar surface area (TPSA) is 21.3 Å². The predicted octanol–water partition coefficient (Wildman–Crippen LogP) is 4.53. The third-order valence-corrected chi connectivity index (χ3v) is 6.76. The number of rotatable bonds is 4. The third-order valence-electron chi connectivity index (χ3n) is 6.76. The van der Waals surface area contributed by atoms with Crippen molar-refractivity contribution in [3.8, 4) is 0 Å². The first kappa shape index (κ1) is 15.8. The number of hydrogen-bond donors (Lipinski definition) is 1. The smallest absolute Gasteiger partial charge is 0.0687 e. The molecule has 3 fully saturated rings. The van der Waals surface area contributed by atoms with Crippen LogP contribution in [0.15, 0.2) is 0 Å². The van der Waals surface area contributed by atoms with Crippen molar-refractivity contribution in [3.05, 3.63) is 0 Å². The van der Waals surface area contributed by atoms with Crippen LogP contribution in [0.3, 0.4) is 0 Å². The van der Waals surface area contributed by atoms with Crippen molar-refractivity contribution in [2.75, 3.05) is 7.05 Å². The first-order chi connectivity index (χ1) is 10.1. The maximum absolute atomic E-state index is 6.57. The maximum atomic E-state index is 6.57. The molecule has 0 radical (unpaired) electrons. The standard InChI is InChI=1S/C19H35NO/c1-14(2)15-6-7-18(20-3)16(12-15)13-17-8-11-19(21-17)9-4-5-10-19/h14-18,20H,4-13H2,1-3H3. The SMILES string of the molecule is CNC1CCC(C(C)C)CC1CC1CCC2(CCCC2)O1. The van der Waals surface area contributed by atoms with Gasteiger partial charge in [0.15, 0.2) is 0 Å². The number of ether oxygens (including phenoxy) is 1. The minimum Gasteiger partial charge on any atom is -0.372 e. The van der Waals surface area contributed by atoms with Gasteiger partial charge < -0.3 is 10.1 Å². The summed E-state index contributed by atoms with van der Waals surface area (Å²) in [6.07, 6.45) is 14.1. The molecule has 2 aliphatic carbocycles. The number of nitrogens with one attached hydrogen (secondary N) is 1. The molecule has 2 nitrogen and oxygen atoms in total. The molecule has 3 rings (SSSR count). The van der Waals surface area contributed by atoms with Gasteiger partial charge in [-0.05, 0) is 76.2 Å². The van der Waals surface area contributed by atoms with Gasteiger partial charge in [-0.15, -0.1) is 0 Å². The molecule has 0 aromatic carbocycles. The van der Waals surface area contributed by atoms with Crippen LogP contribution in [0.4, 0.5) is 0 Å². The highest BCUT2D eigenvalue weighted by atomic mass is 16.5. The summed E-state index contributed by atoms with van der Waals surface area (Å²) in [5, 5.41) is 3.59. The summed E-state index contributed by atoms with van der Waals surface area (Å²) in [6, 6.07) is 0.726. The molecule has 0 aromatic heterocycles. The summed E-state index contributed by atoms with van der Waals surface area (Å²) < 4.78 is 6.57. The zero-order valence-electron chi connectivity index (χ0n) is 14.4. The fourth-order valence-electron chi connectivity index (χ4n) is 5.33. The van der Waals surface area contributed by atoms with Crippen molar-refractivity contribution in [2.24, 2.45) is 17.8 Å². The van der Waals surface area contributed by atoms with E-state index in [-0.39, 0.29) is 0 Å². The summed E-state index contributed by atoms with van der Waals surface area (Å²) in [6.45, 7) is 4.81. The van der Waals surface area contributed by atoms with Crippen LogP contribution in [0.25, 0.3) is 0 Å². The zero-order chi connectivity index (χ0) is 14.9. The first-order valence-corrected chi connectivity index (χ1v) is 9.47. The Bertz CT molecular complexity index is 334. The molecular weight excluding hydrogens is 258 g/mol. The van der Waals surface area contributed by atoms with E-state index in [9.17, 15) is 0 Å². The van der Waals surface area contributed by atoms with Gasteiger partial charge in [0.2, 0.25) is 0 Å². The Morgan fingerprint density at radius 3 is 2.52 bits per heavy atom. The molecule has 21 heavy (non-hydrogen) atoms. The maximum Gasteiger partial charge on any atom is 0.0687 e. The van der Waals surface area contributed by atoms with Crippen molar-refractivity contribution in [2.45, 2.75) is 95.8 Å². The average molecular weight is 293 g/mol. The van der Waals surface area contributed by atoms with Gasteiger partial charge in [-0.3, -0.25) is 0 Å². The van der Waals surface area contributed by atoms with Crippen molar-refractivity contribution in [1.29, 1.82) is 0 Å². The second kappa shape index (κ2) is 6.58. The summed E-state index contributed by atoms with van der Waals surface area (Å²) in [7, 11) is 2.15. The van der Waals surface area contributed by atoms with E-state index in [1.54, 1.807) is 0 Å². The second-order valence-corrected chi connectivity index (χ2v) is 8.38. The monoisotopic (exact) mass is 293 g/mol. The van der Waals surface area contributed by atoms with Gasteiger partial charge in [-0.25, -0.2) is 0 Å². The minimum absolute atomic E-state index is 0.311. The van der Waals surface area contributed by atoms with Crippen molar-refractivity contribution in [1.82, 2.24) is 5.32 Å². The lowest BCUT2D eigenvalue weighted by Gasteiger charge is -2.39. The van der Waals surface area contributed by atoms with Crippen molar-refractivity contribution >= 4 is 0 Å². The van der Waals surface area contributed by atoms with E-state index in [1.165, 1.54) is 64.2 Å². The highest BCUT2D eigenvalue weighted by molar-refractivity contribution is 4.95. The van der Waals surface area contributed by atoms with Gasteiger partial charge in [0.25, 0.3) is 0 Å². The second-order valence-electron chi connectivity index (χ2n) is 8.38. The molecule has 4 unspecified atom stereocenters. The lowest BCUT2D eigenvalue weighted by Crippen LogP contribution is -2.41. The summed E-state index contributed by atoms with van der Waals surface area (Å²) in [4.78, 5) is 0. The Morgan fingerprint density at radius 2 is 1.86 bits per heavy atom. The largest absolute Gasteiger partial charge is 0.372 e. The van der Waals surface area contributed by atoms with Gasteiger partial charge in [-0.1, -0.05) is 26.7 Å². The molecule has 3 aliphatic rings. The Labute approximate surface area is 131 Å². The highest BCUT2D eigenvalue weighted by Crippen LogP contribution is 2.46. The van der Waals surface area contributed by atoms with Crippen LogP contribution in [0.5, 0.6) is 0 Å². The van der Waals surface area contributed by atoms with E-state index in [1.807, 2.05) is 0 Å². The van der Waals surface area contributed by atoms with Crippen LogP contribution in [0, 0.1) is 17.8 Å². The van der Waals surface area contributed by atoms with E-state index in [2.05, 4.69) is 26.2 Å². The highest BCUT2D eigenvalue weighted by Gasteiger charge is 2.43. The average Bonchev–Trinajstić information content (AvgIpc) is 3.09. The van der Waals surface area contributed by atoms with Gasteiger partial charge in [0.05, 0.1) is 11.7 Å². The Morgan fingerprint density at radius 1 is 1.10 bits per heavy atom. The third kappa shape index (κ3) is 3.47.